The van der Waals surface area contributed by atoms with Crippen LogP contribution >= 0.6 is 0 Å². The second kappa shape index (κ2) is 10.9. The van der Waals surface area contributed by atoms with Gasteiger partial charge in [-0.25, -0.2) is 4.98 Å². The Labute approximate surface area is 221 Å². The zero-order chi connectivity index (χ0) is 25.9. The number of carbonyl (C=O) groups is 1. The van der Waals surface area contributed by atoms with E-state index in [2.05, 4.69) is 26.2 Å². The van der Waals surface area contributed by atoms with Gasteiger partial charge in [-0.2, -0.15) is 0 Å². The zero-order valence-corrected chi connectivity index (χ0v) is 21.2. The average Bonchev–Trinajstić information content (AvgIpc) is 3.41. The number of aromatic amines is 1. The molecule has 3 heterocycles. The van der Waals surface area contributed by atoms with Crippen molar-refractivity contribution in [1.82, 2.24) is 14.9 Å². The average molecular weight is 513 g/mol. The van der Waals surface area contributed by atoms with Gasteiger partial charge in [0.15, 0.2) is 0 Å². The van der Waals surface area contributed by atoms with E-state index in [1.807, 2.05) is 60.7 Å². The fraction of sp³-hybridized carbons (Fsp3) is 0.310. The van der Waals surface area contributed by atoms with Gasteiger partial charge in [0.25, 0.3) is 5.91 Å². The molecule has 9 heteroatoms. The number of amides is 1. The summed E-state index contributed by atoms with van der Waals surface area (Å²) in [6, 6.07) is 21.6. The van der Waals surface area contributed by atoms with Crippen LogP contribution in [-0.2, 0) is 9.47 Å². The summed E-state index contributed by atoms with van der Waals surface area (Å²) in [6.45, 7) is 6.24. The minimum absolute atomic E-state index is 0.151. The number of benzene rings is 3. The Balaban J connectivity index is 1.16. The molecular formula is C29H32N6O3. The van der Waals surface area contributed by atoms with Crippen LogP contribution in [-0.4, -0.2) is 73.4 Å². The van der Waals surface area contributed by atoms with Gasteiger partial charge < -0.3 is 30.4 Å². The first kappa shape index (κ1) is 24.6. The molecule has 2 saturated heterocycles. The van der Waals surface area contributed by atoms with Crippen LogP contribution in [0.2, 0.25) is 0 Å². The van der Waals surface area contributed by atoms with Gasteiger partial charge in [0.1, 0.15) is 5.82 Å². The number of aromatic nitrogens is 2. The summed E-state index contributed by atoms with van der Waals surface area (Å²) in [4.78, 5) is 25.6. The predicted octanol–water partition coefficient (Wildman–Crippen LogP) is 3.61. The Bertz CT molecular complexity index is 1410. The molecule has 2 aliphatic heterocycles. The van der Waals surface area contributed by atoms with Crippen LogP contribution < -0.4 is 16.0 Å². The number of carbonyl (C=O) groups excluding carboxylic acids is 1. The molecule has 0 radical (unpaired) electrons. The molecule has 1 amide bonds. The van der Waals surface area contributed by atoms with Crippen LogP contribution in [0, 0.1) is 0 Å². The van der Waals surface area contributed by atoms with Crippen molar-refractivity contribution >= 4 is 28.3 Å². The number of hydrogen-bond acceptors (Lipinski definition) is 7. The number of fused-ring (bicyclic) bond motifs is 1. The Kier molecular flexibility index (Phi) is 7.06. The molecule has 2 aliphatic rings. The van der Waals surface area contributed by atoms with Crippen molar-refractivity contribution in [3.8, 4) is 11.4 Å². The Morgan fingerprint density at radius 2 is 1.66 bits per heavy atom. The smallest absolute Gasteiger partial charge is 0.255 e. The molecule has 0 bridgehead atoms. The number of hydrogen-bond donors (Lipinski definition) is 3. The molecule has 3 aromatic carbocycles. The predicted molar refractivity (Wildman–Crippen MR) is 148 cm³/mol. The van der Waals surface area contributed by atoms with Gasteiger partial charge >= 0.3 is 0 Å². The number of rotatable bonds is 6. The number of nitrogens with zero attached hydrogens (tertiary/aromatic N) is 3. The van der Waals surface area contributed by atoms with Crippen molar-refractivity contribution in [3.63, 3.8) is 0 Å². The molecule has 1 unspecified atom stereocenters. The summed E-state index contributed by atoms with van der Waals surface area (Å²) in [5, 5.41) is 3.01. The van der Waals surface area contributed by atoms with Crippen LogP contribution in [0.4, 0.5) is 11.4 Å². The fourth-order valence-electron chi connectivity index (χ4n) is 5.01. The Morgan fingerprint density at radius 3 is 2.42 bits per heavy atom. The Hall–Kier alpha value is -3.76. The molecule has 196 valence electrons. The maximum absolute atomic E-state index is 12.9. The number of nitrogens with two attached hydrogens (primary N) is 1. The maximum atomic E-state index is 12.9. The second-order valence-electron chi connectivity index (χ2n) is 9.64. The molecule has 38 heavy (non-hydrogen) atoms. The summed E-state index contributed by atoms with van der Waals surface area (Å²) in [5.74, 6) is 0.612. The molecule has 4 N–H and O–H groups in total. The van der Waals surface area contributed by atoms with Crippen LogP contribution in [0.25, 0.3) is 22.4 Å². The second-order valence-corrected chi connectivity index (χ2v) is 9.64. The molecule has 0 aliphatic carbocycles. The number of morpholine rings is 2. The van der Waals surface area contributed by atoms with E-state index in [-0.39, 0.29) is 12.1 Å². The topological polar surface area (TPSA) is 109 Å². The highest BCUT2D eigenvalue weighted by Gasteiger charge is 2.20. The quantitative estimate of drug-likeness (QED) is 0.362. The lowest BCUT2D eigenvalue weighted by Gasteiger charge is -2.32. The van der Waals surface area contributed by atoms with Gasteiger partial charge in [-0.05, 0) is 54.1 Å². The van der Waals surface area contributed by atoms with Gasteiger partial charge in [0, 0.05) is 48.7 Å². The highest BCUT2D eigenvalue weighted by atomic mass is 16.5. The van der Waals surface area contributed by atoms with Crippen LogP contribution in [0.3, 0.4) is 0 Å². The SMILES string of the molecule is NC(c1cccc(-c2nc3ccc(NC(=O)c4ccc(N5CCOCC5)cc4)cc3[nH]2)c1)N1CCOCC1. The van der Waals surface area contributed by atoms with E-state index in [0.717, 1.165) is 73.1 Å². The lowest BCUT2D eigenvalue weighted by Crippen LogP contribution is -2.42. The van der Waals surface area contributed by atoms with E-state index < -0.39 is 0 Å². The third-order valence-corrected chi connectivity index (χ3v) is 7.19. The van der Waals surface area contributed by atoms with Crippen molar-refractivity contribution in [1.29, 1.82) is 0 Å². The molecule has 2 fully saturated rings. The van der Waals surface area contributed by atoms with E-state index in [9.17, 15) is 4.79 Å². The largest absolute Gasteiger partial charge is 0.379 e. The summed E-state index contributed by atoms with van der Waals surface area (Å²) in [7, 11) is 0. The van der Waals surface area contributed by atoms with E-state index in [1.165, 1.54) is 0 Å². The highest BCUT2D eigenvalue weighted by molar-refractivity contribution is 6.05. The summed E-state index contributed by atoms with van der Waals surface area (Å²) < 4.78 is 10.9. The number of nitrogens with one attached hydrogen (secondary N) is 2. The molecule has 1 atom stereocenters. The van der Waals surface area contributed by atoms with Gasteiger partial charge in [0.2, 0.25) is 0 Å². The fourth-order valence-corrected chi connectivity index (χ4v) is 5.01. The first-order chi connectivity index (χ1) is 18.6. The van der Waals surface area contributed by atoms with Crippen LogP contribution in [0.1, 0.15) is 22.1 Å². The van der Waals surface area contributed by atoms with E-state index in [1.54, 1.807) is 0 Å². The standard InChI is InChI=1S/C29H32N6O3/c30-27(35-12-16-38-17-13-35)21-2-1-3-22(18-21)28-32-25-9-6-23(19-26(25)33-28)31-29(36)20-4-7-24(8-5-20)34-10-14-37-15-11-34/h1-9,18-19,27H,10-17,30H2,(H,31,36)(H,32,33). The normalized spacial score (nSPS) is 17.4. The molecular weight excluding hydrogens is 480 g/mol. The minimum Gasteiger partial charge on any atom is -0.379 e. The van der Waals surface area contributed by atoms with Crippen molar-refractivity contribution in [2.24, 2.45) is 5.73 Å². The highest BCUT2D eigenvalue weighted by Crippen LogP contribution is 2.26. The minimum atomic E-state index is -0.187. The van der Waals surface area contributed by atoms with E-state index in [0.29, 0.717) is 24.5 Å². The first-order valence-corrected chi connectivity index (χ1v) is 13.1. The van der Waals surface area contributed by atoms with Crippen molar-refractivity contribution < 1.29 is 14.3 Å². The van der Waals surface area contributed by atoms with Gasteiger partial charge in [-0.15, -0.1) is 0 Å². The number of anilines is 2. The molecule has 0 spiro atoms. The lowest BCUT2D eigenvalue weighted by molar-refractivity contribution is 0.0173. The molecule has 1 aromatic heterocycles. The van der Waals surface area contributed by atoms with E-state index in [4.69, 9.17) is 20.2 Å². The monoisotopic (exact) mass is 512 g/mol. The Morgan fingerprint density at radius 1 is 0.921 bits per heavy atom. The van der Waals surface area contributed by atoms with Gasteiger partial charge in [-0.1, -0.05) is 18.2 Å². The van der Waals surface area contributed by atoms with Gasteiger partial charge in [0.05, 0.1) is 43.6 Å². The van der Waals surface area contributed by atoms with Crippen LogP contribution in [0.15, 0.2) is 66.7 Å². The zero-order valence-electron chi connectivity index (χ0n) is 21.2. The molecule has 0 saturated carbocycles. The van der Waals surface area contributed by atoms with E-state index >= 15 is 0 Å². The summed E-state index contributed by atoms with van der Waals surface area (Å²) in [6.07, 6.45) is -0.187. The summed E-state index contributed by atoms with van der Waals surface area (Å²) in [5.41, 5.74) is 12.7. The van der Waals surface area contributed by atoms with Crippen molar-refractivity contribution in [3.05, 3.63) is 77.9 Å². The molecule has 4 aromatic rings. The molecule has 9 nitrogen and oxygen atoms in total. The third kappa shape index (κ3) is 5.27. The number of H-pyrrole nitrogens is 1. The molecule has 6 rings (SSSR count). The number of ether oxygens (including phenoxy) is 2. The van der Waals surface area contributed by atoms with Crippen molar-refractivity contribution in [2.75, 3.05) is 62.8 Å². The van der Waals surface area contributed by atoms with Crippen LogP contribution in [0.5, 0.6) is 0 Å². The van der Waals surface area contributed by atoms with Gasteiger partial charge in [-0.3, -0.25) is 9.69 Å². The van der Waals surface area contributed by atoms with Crippen molar-refractivity contribution in [2.45, 2.75) is 6.17 Å². The number of imidazole rings is 1. The lowest BCUT2D eigenvalue weighted by atomic mass is 10.1. The maximum Gasteiger partial charge on any atom is 0.255 e. The first-order valence-electron chi connectivity index (χ1n) is 13.1. The third-order valence-electron chi connectivity index (χ3n) is 7.19. The summed E-state index contributed by atoms with van der Waals surface area (Å²) >= 11 is 0.